The number of alkyl halides is 3. The Morgan fingerprint density at radius 2 is 2.00 bits per heavy atom. The highest BCUT2D eigenvalue weighted by Crippen LogP contribution is 2.21. The number of nitrogens with two attached hydrogens (primary N) is 1. The van der Waals surface area contributed by atoms with E-state index in [1.165, 1.54) is 0 Å². The van der Waals surface area contributed by atoms with Crippen molar-refractivity contribution in [1.82, 2.24) is 4.57 Å². The van der Waals surface area contributed by atoms with E-state index in [9.17, 15) is 13.2 Å². The molecule has 3 nitrogen and oxygen atoms in total. The molecule has 0 aliphatic heterocycles. The maximum absolute atomic E-state index is 12.0. The van der Waals surface area contributed by atoms with Crippen molar-refractivity contribution < 1.29 is 17.9 Å². The third kappa shape index (κ3) is 3.48. The molecule has 0 saturated heterocycles. The molecule has 0 fully saturated rings. The van der Waals surface area contributed by atoms with E-state index in [0.29, 0.717) is 6.54 Å². The number of hydrogen-bond acceptors (Lipinski definition) is 2. The minimum absolute atomic E-state index is 0.116. The number of fused-ring (bicyclic) bond motifs is 1. The molecule has 0 amide bonds. The van der Waals surface area contributed by atoms with Gasteiger partial charge in [0.1, 0.15) is 13.3 Å². The van der Waals surface area contributed by atoms with Gasteiger partial charge in [0.2, 0.25) is 0 Å². The van der Waals surface area contributed by atoms with Gasteiger partial charge in [-0.15, -0.1) is 0 Å². The van der Waals surface area contributed by atoms with Crippen molar-refractivity contribution in [1.29, 1.82) is 0 Å². The lowest BCUT2D eigenvalue weighted by Crippen LogP contribution is -2.18. The number of aromatic nitrogens is 1. The Hall–Kier alpha value is -1.53. The zero-order valence-corrected chi connectivity index (χ0v) is 10.3. The summed E-state index contributed by atoms with van der Waals surface area (Å²) >= 11 is 0. The van der Waals surface area contributed by atoms with Crippen LogP contribution in [0.5, 0.6) is 0 Å². The molecule has 1 aromatic carbocycles. The highest BCUT2D eigenvalue weighted by atomic mass is 19.4. The molecule has 1 aromatic heterocycles. The number of nitrogens with zero attached hydrogens (tertiary/aromatic N) is 1. The van der Waals surface area contributed by atoms with Crippen molar-refractivity contribution in [3.8, 4) is 0 Å². The summed E-state index contributed by atoms with van der Waals surface area (Å²) in [6.45, 7) is -0.820. The van der Waals surface area contributed by atoms with Gasteiger partial charge in [-0.1, -0.05) is 12.1 Å². The van der Waals surface area contributed by atoms with Gasteiger partial charge in [0.25, 0.3) is 0 Å². The molecule has 0 aliphatic rings. The normalized spacial score (nSPS) is 12.2. The molecule has 0 spiro atoms. The quantitative estimate of drug-likeness (QED) is 0.909. The zero-order chi connectivity index (χ0) is 13.9. The maximum atomic E-state index is 12.0. The van der Waals surface area contributed by atoms with Crippen molar-refractivity contribution in [2.75, 3.05) is 13.2 Å². The van der Waals surface area contributed by atoms with Gasteiger partial charge in [0, 0.05) is 11.6 Å². The fourth-order valence-electron chi connectivity index (χ4n) is 2.03. The summed E-state index contributed by atoms with van der Waals surface area (Å²) < 4.78 is 42.4. The van der Waals surface area contributed by atoms with E-state index < -0.39 is 12.8 Å². The van der Waals surface area contributed by atoms with Crippen molar-refractivity contribution in [3.63, 3.8) is 0 Å². The van der Waals surface area contributed by atoms with Crippen LogP contribution >= 0.6 is 0 Å². The van der Waals surface area contributed by atoms with Gasteiger partial charge < -0.3 is 15.0 Å². The first-order valence-electron chi connectivity index (χ1n) is 5.92. The summed E-state index contributed by atoms with van der Waals surface area (Å²) in [4.78, 5) is 0. The van der Waals surface area contributed by atoms with E-state index in [2.05, 4.69) is 4.74 Å². The predicted molar refractivity (Wildman–Crippen MR) is 66.7 cm³/mol. The van der Waals surface area contributed by atoms with Gasteiger partial charge in [-0.3, -0.25) is 0 Å². The molecule has 0 atom stereocenters. The first kappa shape index (κ1) is 13.9. The molecule has 0 unspecified atom stereocenters. The molecule has 0 saturated carbocycles. The van der Waals surface area contributed by atoms with E-state index in [-0.39, 0.29) is 6.73 Å². The van der Waals surface area contributed by atoms with Crippen LogP contribution in [0.4, 0.5) is 13.2 Å². The number of rotatable bonds is 5. The second-order valence-corrected chi connectivity index (χ2v) is 4.27. The van der Waals surface area contributed by atoms with Gasteiger partial charge >= 0.3 is 6.18 Å². The number of hydrogen-bond donors (Lipinski definition) is 1. The lowest BCUT2D eigenvalue weighted by molar-refractivity contribution is -0.181. The predicted octanol–water partition coefficient (Wildman–Crippen LogP) is 2.68. The highest BCUT2D eigenvalue weighted by molar-refractivity contribution is 5.83. The van der Waals surface area contributed by atoms with E-state index in [0.717, 1.165) is 22.9 Å². The van der Waals surface area contributed by atoms with Gasteiger partial charge in [-0.05, 0) is 30.7 Å². The van der Waals surface area contributed by atoms with Gasteiger partial charge in [0.15, 0.2) is 0 Å². The number of halogens is 3. The number of ether oxygens (including phenoxy) is 1. The van der Waals surface area contributed by atoms with Crippen molar-refractivity contribution in [2.24, 2.45) is 5.73 Å². The second-order valence-electron chi connectivity index (χ2n) is 4.27. The van der Waals surface area contributed by atoms with Gasteiger partial charge in [-0.25, -0.2) is 0 Å². The molecule has 2 rings (SSSR count). The molecule has 0 aliphatic carbocycles. The molecular formula is C13H15F3N2O. The monoisotopic (exact) mass is 272 g/mol. The van der Waals surface area contributed by atoms with E-state index in [1.54, 1.807) is 10.8 Å². The largest absolute Gasteiger partial charge is 0.411 e. The Labute approximate surface area is 108 Å². The zero-order valence-electron chi connectivity index (χ0n) is 10.3. The van der Waals surface area contributed by atoms with Crippen molar-refractivity contribution in [3.05, 3.63) is 36.0 Å². The Kier molecular flexibility index (Phi) is 4.11. The van der Waals surface area contributed by atoms with Crippen LogP contribution in [0.2, 0.25) is 0 Å². The molecule has 2 N–H and O–H groups in total. The van der Waals surface area contributed by atoms with Crippen LogP contribution in [0, 0.1) is 0 Å². The lowest BCUT2D eigenvalue weighted by Gasteiger charge is -2.10. The second kappa shape index (κ2) is 5.63. The van der Waals surface area contributed by atoms with E-state index in [1.807, 2.05) is 24.3 Å². The third-order valence-electron chi connectivity index (χ3n) is 2.81. The molecule has 19 heavy (non-hydrogen) atoms. The SMILES string of the molecule is NCCc1cccc2c1ccn2COCC(F)(F)F. The number of benzene rings is 1. The molecule has 104 valence electrons. The summed E-state index contributed by atoms with van der Waals surface area (Å²) in [5, 5.41) is 1.00. The average molecular weight is 272 g/mol. The van der Waals surface area contributed by atoms with Gasteiger partial charge in [0.05, 0.1) is 5.52 Å². The van der Waals surface area contributed by atoms with Crippen LogP contribution in [-0.2, 0) is 17.9 Å². The van der Waals surface area contributed by atoms with Crippen LogP contribution in [0.25, 0.3) is 10.9 Å². The van der Waals surface area contributed by atoms with Crippen LogP contribution in [0.1, 0.15) is 5.56 Å². The highest BCUT2D eigenvalue weighted by Gasteiger charge is 2.27. The molecule has 2 aromatic rings. The van der Waals surface area contributed by atoms with Crippen molar-refractivity contribution >= 4 is 10.9 Å². The smallest absolute Gasteiger partial charge is 0.351 e. The average Bonchev–Trinajstić information content (AvgIpc) is 2.73. The summed E-state index contributed by atoms with van der Waals surface area (Å²) in [5.74, 6) is 0. The minimum atomic E-state index is -4.30. The molecule has 1 heterocycles. The molecule has 6 heteroatoms. The van der Waals surface area contributed by atoms with Crippen molar-refractivity contribution in [2.45, 2.75) is 19.3 Å². The summed E-state index contributed by atoms with van der Waals surface area (Å²) in [6.07, 6.45) is -1.83. The fourth-order valence-corrected chi connectivity index (χ4v) is 2.03. The molecule has 0 bridgehead atoms. The standard InChI is InChI=1S/C13H15F3N2O/c14-13(15,16)8-19-9-18-7-5-11-10(4-6-17)2-1-3-12(11)18/h1-3,5,7H,4,6,8-9,17H2. The van der Waals surface area contributed by atoms with Crippen LogP contribution in [-0.4, -0.2) is 23.9 Å². The fraction of sp³-hybridized carbons (Fsp3) is 0.385. The Balaban J connectivity index is 2.14. The Morgan fingerprint density at radius 1 is 1.21 bits per heavy atom. The third-order valence-corrected chi connectivity index (χ3v) is 2.81. The summed E-state index contributed by atoms with van der Waals surface area (Å²) in [7, 11) is 0. The van der Waals surface area contributed by atoms with Gasteiger partial charge in [-0.2, -0.15) is 13.2 Å². The van der Waals surface area contributed by atoms with E-state index in [4.69, 9.17) is 5.73 Å². The molecular weight excluding hydrogens is 257 g/mol. The van der Waals surface area contributed by atoms with E-state index >= 15 is 0 Å². The first-order valence-corrected chi connectivity index (χ1v) is 5.92. The minimum Gasteiger partial charge on any atom is -0.351 e. The van der Waals surface area contributed by atoms with Crippen LogP contribution in [0.3, 0.4) is 0 Å². The van der Waals surface area contributed by atoms with Crippen LogP contribution in [0.15, 0.2) is 30.5 Å². The maximum Gasteiger partial charge on any atom is 0.411 e. The molecule has 0 radical (unpaired) electrons. The summed E-state index contributed by atoms with van der Waals surface area (Å²) in [6, 6.07) is 7.56. The van der Waals surface area contributed by atoms with Crippen LogP contribution < -0.4 is 5.73 Å². The Morgan fingerprint density at radius 3 is 2.68 bits per heavy atom. The Bertz CT molecular complexity index is 548. The first-order chi connectivity index (χ1) is 9.01. The topological polar surface area (TPSA) is 40.2 Å². The lowest BCUT2D eigenvalue weighted by atomic mass is 10.1. The summed E-state index contributed by atoms with van der Waals surface area (Å²) in [5.41, 5.74) is 7.48.